The van der Waals surface area contributed by atoms with Gasteiger partial charge in [0.05, 0.1) is 11.4 Å². The SMILES string of the molecule is C=C(C)CN(C)S(=O)(=O)CCOc1ccccc1N. The van der Waals surface area contributed by atoms with E-state index < -0.39 is 10.0 Å². The summed E-state index contributed by atoms with van der Waals surface area (Å²) >= 11 is 0. The molecule has 0 aromatic heterocycles. The van der Waals surface area contributed by atoms with Crippen molar-refractivity contribution in [1.29, 1.82) is 0 Å². The lowest BCUT2D eigenvalue weighted by Gasteiger charge is -2.17. The summed E-state index contributed by atoms with van der Waals surface area (Å²) in [7, 11) is -1.80. The third-order valence-corrected chi connectivity index (χ3v) is 4.25. The number of anilines is 1. The van der Waals surface area contributed by atoms with Gasteiger partial charge >= 0.3 is 0 Å². The van der Waals surface area contributed by atoms with Gasteiger partial charge in [-0.25, -0.2) is 12.7 Å². The van der Waals surface area contributed by atoms with E-state index >= 15 is 0 Å². The maximum Gasteiger partial charge on any atom is 0.217 e. The quantitative estimate of drug-likeness (QED) is 0.608. The summed E-state index contributed by atoms with van der Waals surface area (Å²) in [4.78, 5) is 0. The van der Waals surface area contributed by atoms with Crippen LogP contribution >= 0.6 is 0 Å². The fraction of sp³-hybridized carbons (Fsp3) is 0.385. The van der Waals surface area contributed by atoms with Crippen molar-refractivity contribution in [2.45, 2.75) is 6.92 Å². The molecule has 1 rings (SSSR count). The summed E-state index contributed by atoms with van der Waals surface area (Å²) in [5, 5.41) is 0. The van der Waals surface area contributed by atoms with Crippen LogP contribution in [0.1, 0.15) is 6.92 Å². The van der Waals surface area contributed by atoms with Gasteiger partial charge in [-0.15, -0.1) is 0 Å². The zero-order valence-corrected chi connectivity index (χ0v) is 12.1. The topological polar surface area (TPSA) is 72.6 Å². The zero-order chi connectivity index (χ0) is 14.5. The smallest absolute Gasteiger partial charge is 0.217 e. The second-order valence-corrected chi connectivity index (χ2v) is 6.61. The average molecular weight is 284 g/mol. The van der Waals surface area contributed by atoms with Crippen molar-refractivity contribution < 1.29 is 13.2 Å². The molecule has 19 heavy (non-hydrogen) atoms. The predicted octanol–water partition coefficient (Wildman–Crippen LogP) is 1.49. The summed E-state index contributed by atoms with van der Waals surface area (Å²) in [6, 6.07) is 6.99. The third kappa shape index (κ3) is 4.92. The van der Waals surface area contributed by atoms with E-state index in [1.807, 2.05) is 0 Å². The Kier molecular flexibility index (Phi) is 5.38. The van der Waals surface area contributed by atoms with Gasteiger partial charge in [0.15, 0.2) is 0 Å². The highest BCUT2D eigenvalue weighted by molar-refractivity contribution is 7.89. The number of para-hydroxylation sites is 2. The molecule has 0 aliphatic rings. The number of sulfonamides is 1. The number of rotatable bonds is 7. The molecule has 1 aromatic carbocycles. The van der Waals surface area contributed by atoms with Gasteiger partial charge < -0.3 is 10.5 Å². The summed E-state index contributed by atoms with van der Waals surface area (Å²) in [5.74, 6) is 0.408. The molecule has 0 bridgehead atoms. The highest BCUT2D eigenvalue weighted by Gasteiger charge is 2.17. The summed E-state index contributed by atoms with van der Waals surface area (Å²) in [6.07, 6.45) is 0. The average Bonchev–Trinajstić information content (AvgIpc) is 2.30. The van der Waals surface area contributed by atoms with Crippen LogP contribution in [0.2, 0.25) is 0 Å². The lowest BCUT2D eigenvalue weighted by molar-refractivity contribution is 0.339. The van der Waals surface area contributed by atoms with Crippen molar-refractivity contribution in [3.8, 4) is 5.75 Å². The molecule has 0 atom stereocenters. The summed E-state index contributed by atoms with van der Waals surface area (Å²) in [6.45, 7) is 5.86. The molecule has 2 N–H and O–H groups in total. The molecule has 0 spiro atoms. The number of likely N-dealkylation sites (N-methyl/N-ethyl adjacent to an activating group) is 1. The third-order valence-electron chi connectivity index (χ3n) is 2.49. The lowest BCUT2D eigenvalue weighted by Crippen LogP contribution is -2.32. The number of ether oxygens (including phenoxy) is 1. The fourth-order valence-corrected chi connectivity index (χ4v) is 2.53. The Morgan fingerprint density at radius 2 is 2.05 bits per heavy atom. The molecule has 0 aliphatic carbocycles. The van der Waals surface area contributed by atoms with Gasteiger partial charge in [-0.3, -0.25) is 0 Å². The van der Waals surface area contributed by atoms with E-state index in [1.54, 1.807) is 31.2 Å². The molecule has 0 radical (unpaired) electrons. The molecule has 0 heterocycles. The fourth-order valence-electron chi connectivity index (χ4n) is 1.50. The van der Waals surface area contributed by atoms with Gasteiger partial charge in [0.25, 0.3) is 0 Å². The van der Waals surface area contributed by atoms with Gasteiger partial charge in [0, 0.05) is 13.6 Å². The molecular weight excluding hydrogens is 264 g/mol. The van der Waals surface area contributed by atoms with E-state index in [-0.39, 0.29) is 12.4 Å². The normalized spacial score (nSPS) is 11.5. The first kappa shape index (κ1) is 15.5. The second kappa shape index (κ2) is 6.58. The molecule has 5 nitrogen and oxygen atoms in total. The number of nitrogens with zero attached hydrogens (tertiary/aromatic N) is 1. The molecule has 0 fully saturated rings. The van der Waals surface area contributed by atoms with Crippen molar-refractivity contribution in [3.05, 3.63) is 36.4 Å². The number of benzene rings is 1. The van der Waals surface area contributed by atoms with Crippen molar-refractivity contribution >= 4 is 15.7 Å². The van der Waals surface area contributed by atoms with Crippen LogP contribution < -0.4 is 10.5 Å². The van der Waals surface area contributed by atoms with Crippen molar-refractivity contribution in [3.63, 3.8) is 0 Å². The van der Waals surface area contributed by atoms with E-state index in [2.05, 4.69) is 6.58 Å². The van der Waals surface area contributed by atoms with Crippen LogP contribution in [-0.4, -0.2) is 38.7 Å². The van der Waals surface area contributed by atoms with Crippen LogP contribution in [0.5, 0.6) is 5.75 Å². The molecular formula is C13H20N2O3S. The maximum absolute atomic E-state index is 11.9. The standard InChI is InChI=1S/C13H20N2O3S/c1-11(2)10-15(3)19(16,17)9-8-18-13-7-5-4-6-12(13)14/h4-7H,1,8-10,14H2,2-3H3. The lowest BCUT2D eigenvalue weighted by atomic mass is 10.3. The van der Waals surface area contributed by atoms with Crippen LogP contribution in [0.25, 0.3) is 0 Å². The van der Waals surface area contributed by atoms with Gasteiger partial charge in [-0.2, -0.15) is 0 Å². The molecule has 0 saturated heterocycles. The van der Waals surface area contributed by atoms with E-state index in [0.717, 1.165) is 5.57 Å². The van der Waals surface area contributed by atoms with E-state index in [1.165, 1.54) is 11.4 Å². The van der Waals surface area contributed by atoms with E-state index in [4.69, 9.17) is 10.5 Å². The minimum absolute atomic E-state index is 0.0665. The first-order valence-corrected chi connectivity index (χ1v) is 7.49. The van der Waals surface area contributed by atoms with E-state index in [0.29, 0.717) is 18.0 Å². The second-order valence-electron chi connectivity index (χ2n) is 4.42. The van der Waals surface area contributed by atoms with Crippen LogP contribution in [0.15, 0.2) is 36.4 Å². The Hall–Kier alpha value is -1.53. The largest absolute Gasteiger partial charge is 0.490 e. The monoisotopic (exact) mass is 284 g/mol. The maximum atomic E-state index is 11.9. The Morgan fingerprint density at radius 1 is 1.42 bits per heavy atom. The van der Waals surface area contributed by atoms with Crippen molar-refractivity contribution in [1.82, 2.24) is 4.31 Å². The van der Waals surface area contributed by atoms with Crippen LogP contribution in [-0.2, 0) is 10.0 Å². The van der Waals surface area contributed by atoms with Crippen LogP contribution in [0, 0.1) is 0 Å². The minimum Gasteiger partial charge on any atom is -0.490 e. The van der Waals surface area contributed by atoms with E-state index in [9.17, 15) is 8.42 Å². The highest BCUT2D eigenvalue weighted by Crippen LogP contribution is 2.19. The molecule has 6 heteroatoms. The first-order valence-electron chi connectivity index (χ1n) is 5.88. The molecule has 106 valence electrons. The molecule has 0 saturated carbocycles. The first-order chi connectivity index (χ1) is 8.83. The molecule has 1 aromatic rings. The van der Waals surface area contributed by atoms with Gasteiger partial charge in [-0.05, 0) is 19.1 Å². The number of nitrogen functional groups attached to an aromatic ring is 1. The van der Waals surface area contributed by atoms with Crippen LogP contribution in [0.4, 0.5) is 5.69 Å². The number of hydrogen-bond donors (Lipinski definition) is 1. The molecule has 0 aliphatic heterocycles. The Balaban J connectivity index is 2.53. The predicted molar refractivity (Wildman–Crippen MR) is 77.6 cm³/mol. The van der Waals surface area contributed by atoms with Gasteiger partial charge in [-0.1, -0.05) is 24.3 Å². The van der Waals surface area contributed by atoms with Gasteiger partial charge in [0.2, 0.25) is 10.0 Å². The molecule has 0 amide bonds. The highest BCUT2D eigenvalue weighted by atomic mass is 32.2. The number of nitrogens with two attached hydrogens (primary N) is 1. The molecule has 0 unspecified atom stereocenters. The van der Waals surface area contributed by atoms with Crippen LogP contribution in [0.3, 0.4) is 0 Å². The number of hydrogen-bond acceptors (Lipinski definition) is 4. The van der Waals surface area contributed by atoms with Gasteiger partial charge in [0.1, 0.15) is 12.4 Å². The minimum atomic E-state index is -3.33. The van der Waals surface area contributed by atoms with Crippen molar-refractivity contribution in [2.75, 3.05) is 31.7 Å². The van der Waals surface area contributed by atoms with Crippen molar-refractivity contribution in [2.24, 2.45) is 0 Å². The Labute approximate surface area is 114 Å². The zero-order valence-electron chi connectivity index (χ0n) is 11.3. The summed E-state index contributed by atoms with van der Waals surface area (Å²) < 4.78 is 30.5. The Bertz CT molecular complexity index is 541. The Morgan fingerprint density at radius 3 is 2.63 bits per heavy atom. The summed E-state index contributed by atoms with van der Waals surface area (Å²) in [5.41, 5.74) is 6.99.